The largest absolute Gasteiger partial charge is 0.438 e. The summed E-state index contributed by atoms with van der Waals surface area (Å²) in [7, 11) is 0. The van der Waals surface area contributed by atoms with E-state index in [1.165, 1.54) is 24.3 Å². The van der Waals surface area contributed by atoms with E-state index >= 15 is 0 Å². The lowest BCUT2D eigenvalue weighted by molar-refractivity contribution is -0.181. The molecule has 34 heavy (non-hydrogen) atoms. The van der Waals surface area contributed by atoms with Crippen LogP contribution >= 0.6 is 0 Å². The van der Waals surface area contributed by atoms with Crippen molar-refractivity contribution in [3.05, 3.63) is 41.8 Å². The number of benzene rings is 1. The van der Waals surface area contributed by atoms with Crippen LogP contribution in [0.25, 0.3) is 0 Å². The summed E-state index contributed by atoms with van der Waals surface area (Å²) in [6.45, 7) is 1.55. The molecule has 0 unspecified atom stereocenters. The summed E-state index contributed by atoms with van der Waals surface area (Å²) >= 11 is 0. The van der Waals surface area contributed by atoms with Crippen LogP contribution in [0.1, 0.15) is 12.6 Å². The predicted octanol–water partition coefficient (Wildman–Crippen LogP) is 1.72. The molecule has 180 valence electrons. The Morgan fingerprint density at radius 1 is 1.24 bits per heavy atom. The fourth-order valence-corrected chi connectivity index (χ4v) is 3.61. The van der Waals surface area contributed by atoms with E-state index in [2.05, 4.69) is 10.1 Å². The number of rotatable bonds is 5. The van der Waals surface area contributed by atoms with Crippen molar-refractivity contribution >= 4 is 35.5 Å². The van der Waals surface area contributed by atoms with Gasteiger partial charge in [0.05, 0.1) is 43.7 Å². The maximum absolute atomic E-state index is 15.0. The first-order chi connectivity index (χ1) is 16.3. The lowest BCUT2D eigenvalue weighted by Gasteiger charge is -2.24. The molecule has 0 N–H and O–H groups in total. The molecule has 2 aliphatic rings. The Balaban J connectivity index is 1.44. The van der Waals surface area contributed by atoms with Crippen LogP contribution < -0.4 is 9.80 Å². The van der Waals surface area contributed by atoms with Gasteiger partial charge in [-0.1, -0.05) is 5.16 Å². The minimum Gasteiger partial charge on any atom is -0.438 e. The number of nitrogens with zero attached hydrogens (tertiary/aromatic N) is 5. The molecule has 13 heteroatoms. The van der Waals surface area contributed by atoms with Crippen LogP contribution in [-0.4, -0.2) is 73.2 Å². The SMILES string of the molecule is CC(=O)N=C[C@H]1CN(c2cc(F)c(N3CCON(C(=O)Cc4ccon4)CC3)c(F)c2)C(=O)O1. The average Bonchev–Trinajstić information content (AvgIpc) is 3.35. The van der Waals surface area contributed by atoms with E-state index in [1.54, 1.807) is 6.07 Å². The number of ether oxygens (including phenoxy) is 1. The van der Waals surface area contributed by atoms with Crippen LogP contribution in [0.4, 0.5) is 25.0 Å². The Labute approximate surface area is 192 Å². The molecule has 0 aliphatic carbocycles. The predicted molar refractivity (Wildman–Crippen MR) is 113 cm³/mol. The van der Waals surface area contributed by atoms with Gasteiger partial charge in [-0.2, -0.15) is 0 Å². The van der Waals surface area contributed by atoms with E-state index in [0.717, 1.165) is 22.1 Å². The molecular weight excluding hydrogens is 456 g/mol. The summed E-state index contributed by atoms with van der Waals surface area (Å²) < 4.78 is 39.8. The number of anilines is 2. The van der Waals surface area contributed by atoms with E-state index < -0.39 is 29.7 Å². The number of hydroxylamine groups is 2. The van der Waals surface area contributed by atoms with Crippen molar-refractivity contribution in [1.82, 2.24) is 10.2 Å². The minimum absolute atomic E-state index is 0.0286. The van der Waals surface area contributed by atoms with Crippen LogP contribution in [0, 0.1) is 11.6 Å². The van der Waals surface area contributed by atoms with Crippen molar-refractivity contribution in [2.75, 3.05) is 42.6 Å². The zero-order valence-electron chi connectivity index (χ0n) is 18.1. The molecule has 1 aromatic heterocycles. The fourth-order valence-electron chi connectivity index (χ4n) is 3.61. The number of carbonyl (C=O) groups excluding carboxylic acids is 3. The standard InChI is InChI=1S/C21H21F2N5O6/c1-13(29)24-11-16-12-27(21(31)34-16)15-9-17(22)20(18(23)10-15)26-3-4-28(33-7-5-26)19(30)8-14-2-6-32-25-14/h2,6,9-11,16H,3-5,7-8,12H2,1H3/t16-/m0/s1. The molecule has 1 atom stereocenters. The van der Waals surface area contributed by atoms with Crippen LogP contribution in [0.2, 0.25) is 0 Å². The third kappa shape index (κ3) is 5.20. The smallest absolute Gasteiger partial charge is 0.415 e. The second-order valence-electron chi connectivity index (χ2n) is 7.57. The maximum atomic E-state index is 15.0. The third-order valence-corrected chi connectivity index (χ3v) is 5.17. The average molecular weight is 477 g/mol. The highest BCUT2D eigenvalue weighted by Crippen LogP contribution is 2.31. The zero-order chi connectivity index (χ0) is 24.2. The Hall–Kier alpha value is -3.87. The van der Waals surface area contributed by atoms with Crippen LogP contribution in [-0.2, 0) is 25.6 Å². The first kappa shape index (κ1) is 23.3. The van der Waals surface area contributed by atoms with Gasteiger partial charge in [0.25, 0.3) is 5.91 Å². The van der Waals surface area contributed by atoms with Gasteiger partial charge < -0.3 is 14.2 Å². The first-order valence-electron chi connectivity index (χ1n) is 10.4. The van der Waals surface area contributed by atoms with Gasteiger partial charge in [-0.15, -0.1) is 0 Å². The van der Waals surface area contributed by atoms with Gasteiger partial charge in [-0.3, -0.25) is 19.3 Å². The number of halogens is 2. The molecule has 1 aromatic carbocycles. The van der Waals surface area contributed by atoms with Gasteiger partial charge in [-0.05, 0) is 0 Å². The molecule has 4 rings (SSSR count). The number of aliphatic imine (C=N–C) groups is 1. The van der Waals surface area contributed by atoms with Crippen LogP contribution in [0.15, 0.2) is 34.0 Å². The molecular formula is C21H21F2N5O6. The number of aromatic nitrogens is 1. The lowest BCUT2D eigenvalue weighted by atomic mass is 10.2. The van der Waals surface area contributed by atoms with Crippen molar-refractivity contribution in [2.45, 2.75) is 19.4 Å². The topological polar surface area (TPSA) is 118 Å². The van der Waals surface area contributed by atoms with Crippen molar-refractivity contribution in [2.24, 2.45) is 4.99 Å². The minimum atomic E-state index is -0.883. The van der Waals surface area contributed by atoms with Gasteiger partial charge in [0, 0.05) is 38.2 Å². The lowest BCUT2D eigenvalue weighted by Crippen LogP contribution is -2.35. The normalized spacial score (nSPS) is 19.0. The molecule has 3 amide bonds. The summed E-state index contributed by atoms with van der Waals surface area (Å²) in [4.78, 5) is 47.0. The Morgan fingerprint density at radius 2 is 2.00 bits per heavy atom. The van der Waals surface area contributed by atoms with Crippen LogP contribution in [0.3, 0.4) is 0 Å². The van der Waals surface area contributed by atoms with Gasteiger partial charge in [0.15, 0.2) is 17.7 Å². The highest BCUT2D eigenvalue weighted by Gasteiger charge is 2.33. The number of hydrogen-bond donors (Lipinski definition) is 0. The fraction of sp³-hybridized carbons (Fsp3) is 0.381. The Morgan fingerprint density at radius 3 is 2.68 bits per heavy atom. The zero-order valence-corrected chi connectivity index (χ0v) is 18.1. The van der Waals surface area contributed by atoms with Crippen molar-refractivity contribution in [3.63, 3.8) is 0 Å². The quantitative estimate of drug-likeness (QED) is 0.598. The Kier molecular flexibility index (Phi) is 6.82. The number of carbonyl (C=O) groups is 3. The van der Waals surface area contributed by atoms with Gasteiger partial charge >= 0.3 is 6.09 Å². The number of cyclic esters (lactones) is 1. The van der Waals surface area contributed by atoms with E-state index in [1.807, 2.05) is 0 Å². The van der Waals surface area contributed by atoms with E-state index in [9.17, 15) is 23.2 Å². The molecule has 0 spiro atoms. The second kappa shape index (κ2) is 9.95. The molecule has 2 aromatic rings. The van der Waals surface area contributed by atoms with Gasteiger partial charge in [-0.25, -0.2) is 23.6 Å². The van der Waals surface area contributed by atoms with Crippen molar-refractivity contribution in [1.29, 1.82) is 0 Å². The summed E-state index contributed by atoms with van der Waals surface area (Å²) in [5, 5.41) is 4.82. The van der Waals surface area contributed by atoms with Gasteiger partial charge in [0.2, 0.25) is 5.91 Å². The van der Waals surface area contributed by atoms with Gasteiger partial charge in [0.1, 0.15) is 12.0 Å². The van der Waals surface area contributed by atoms with E-state index in [4.69, 9.17) is 14.1 Å². The number of hydrogen-bond acceptors (Lipinski definition) is 8. The number of amides is 3. The second-order valence-corrected chi connectivity index (χ2v) is 7.57. The molecule has 3 heterocycles. The maximum Gasteiger partial charge on any atom is 0.415 e. The highest BCUT2D eigenvalue weighted by molar-refractivity contribution is 5.94. The van der Waals surface area contributed by atoms with Crippen molar-refractivity contribution in [3.8, 4) is 0 Å². The van der Waals surface area contributed by atoms with Crippen LogP contribution in [0.5, 0.6) is 0 Å². The van der Waals surface area contributed by atoms with E-state index in [0.29, 0.717) is 5.69 Å². The molecule has 2 aliphatic heterocycles. The summed E-state index contributed by atoms with van der Waals surface area (Å²) in [5.74, 6) is -2.59. The summed E-state index contributed by atoms with van der Waals surface area (Å²) in [5.41, 5.74) is 0.121. The molecule has 2 saturated heterocycles. The molecule has 11 nitrogen and oxygen atoms in total. The molecule has 0 bridgehead atoms. The molecule has 0 radical (unpaired) electrons. The molecule has 0 saturated carbocycles. The monoisotopic (exact) mass is 477 g/mol. The molecule has 2 fully saturated rings. The Bertz CT molecular complexity index is 1090. The summed E-state index contributed by atoms with van der Waals surface area (Å²) in [6, 6.07) is 3.62. The first-order valence-corrected chi connectivity index (χ1v) is 10.4. The highest BCUT2D eigenvalue weighted by atomic mass is 19.1. The van der Waals surface area contributed by atoms with Crippen molar-refractivity contribution < 1.29 is 37.3 Å². The summed E-state index contributed by atoms with van der Waals surface area (Å²) in [6.07, 6.45) is 0.873. The van der Waals surface area contributed by atoms with E-state index in [-0.39, 0.29) is 56.5 Å². The third-order valence-electron chi connectivity index (χ3n) is 5.17.